The van der Waals surface area contributed by atoms with Crippen molar-refractivity contribution in [3.63, 3.8) is 0 Å². The summed E-state index contributed by atoms with van der Waals surface area (Å²) in [4.78, 5) is 38.8. The Bertz CT molecular complexity index is 1050. The summed E-state index contributed by atoms with van der Waals surface area (Å²) in [5.74, 6) is -0.381. The Balaban J connectivity index is 1.72. The molecule has 0 aliphatic carbocycles. The molecule has 1 aliphatic rings. The third-order valence-corrected chi connectivity index (χ3v) is 7.53. The van der Waals surface area contributed by atoms with Gasteiger partial charge in [0.05, 0.1) is 24.5 Å². The van der Waals surface area contributed by atoms with Gasteiger partial charge in [0.25, 0.3) is 0 Å². The number of carbonyl (C=O) groups is 3. The van der Waals surface area contributed by atoms with E-state index in [0.29, 0.717) is 25.0 Å². The van der Waals surface area contributed by atoms with Crippen LogP contribution in [0.1, 0.15) is 37.3 Å². The summed E-state index contributed by atoms with van der Waals surface area (Å²) in [6.07, 6.45) is 5.22. The zero-order chi connectivity index (χ0) is 27.2. The number of carbonyl (C=O) groups excluding carboxylic acids is 3. The number of aliphatic hydroxyl groups excluding tert-OH is 1. The first kappa shape index (κ1) is 29.5. The molecule has 0 aromatic heterocycles. The molecule has 2 amide bonds. The summed E-state index contributed by atoms with van der Waals surface area (Å²) in [5, 5.41) is 15.0. The summed E-state index contributed by atoms with van der Waals surface area (Å²) in [5.41, 5.74) is 2.24. The molecule has 1 heterocycles. The van der Waals surface area contributed by atoms with Gasteiger partial charge >= 0.3 is 5.97 Å². The van der Waals surface area contributed by atoms with E-state index in [1.54, 1.807) is 18.7 Å². The van der Waals surface area contributed by atoms with E-state index < -0.39 is 5.92 Å². The van der Waals surface area contributed by atoms with E-state index in [4.69, 9.17) is 4.74 Å². The van der Waals surface area contributed by atoms with E-state index >= 15 is 0 Å². The maximum Gasteiger partial charge on any atom is 0.309 e. The smallest absolute Gasteiger partial charge is 0.309 e. The predicted molar refractivity (Wildman–Crippen MR) is 150 cm³/mol. The molecule has 0 radical (unpaired) electrons. The van der Waals surface area contributed by atoms with Gasteiger partial charge in [0.15, 0.2) is 0 Å². The highest BCUT2D eigenvalue weighted by molar-refractivity contribution is 7.98. The molecule has 4 atom stereocenters. The molecule has 8 heteroatoms. The fourth-order valence-corrected chi connectivity index (χ4v) is 5.22. The molecule has 2 aromatic rings. The second-order valence-electron chi connectivity index (χ2n) is 9.72. The molecule has 0 spiro atoms. The zero-order valence-electron chi connectivity index (χ0n) is 21.9. The van der Waals surface area contributed by atoms with Gasteiger partial charge in [-0.25, -0.2) is 0 Å². The number of hydrogen-bond acceptors (Lipinski definition) is 6. The minimum absolute atomic E-state index is 0.0115. The van der Waals surface area contributed by atoms with Gasteiger partial charge in [0, 0.05) is 24.0 Å². The Kier molecular flexibility index (Phi) is 12.4. The number of esters is 1. The maximum absolute atomic E-state index is 13.2. The Hall–Kier alpha value is -3.10. The minimum atomic E-state index is -0.568. The molecule has 3 rings (SSSR count). The number of cyclic esters (lactones) is 1. The average Bonchev–Trinajstić information content (AvgIpc) is 2.92. The van der Waals surface area contributed by atoms with Gasteiger partial charge < -0.3 is 20.5 Å². The Morgan fingerprint density at radius 3 is 2.32 bits per heavy atom. The number of ether oxygens (including phenoxy) is 1. The molecule has 3 N–H and O–H groups in total. The van der Waals surface area contributed by atoms with Gasteiger partial charge in [-0.3, -0.25) is 14.4 Å². The lowest BCUT2D eigenvalue weighted by Crippen LogP contribution is -2.45. The monoisotopic (exact) mass is 538 g/mol. The van der Waals surface area contributed by atoms with E-state index in [9.17, 15) is 19.5 Å². The molecular weight excluding hydrogens is 500 g/mol. The molecule has 0 bridgehead atoms. The summed E-state index contributed by atoms with van der Waals surface area (Å²) < 4.78 is 5.74. The van der Waals surface area contributed by atoms with E-state index in [2.05, 4.69) is 22.8 Å². The van der Waals surface area contributed by atoms with Crippen molar-refractivity contribution in [2.24, 2.45) is 11.8 Å². The van der Waals surface area contributed by atoms with Crippen LogP contribution in [0.15, 0.2) is 72.8 Å². The van der Waals surface area contributed by atoms with Crippen molar-refractivity contribution in [3.05, 3.63) is 83.9 Å². The van der Waals surface area contributed by atoms with Crippen molar-refractivity contribution in [2.75, 3.05) is 19.0 Å². The Morgan fingerprint density at radius 1 is 1.03 bits per heavy atom. The van der Waals surface area contributed by atoms with Crippen molar-refractivity contribution in [1.29, 1.82) is 0 Å². The van der Waals surface area contributed by atoms with Crippen LogP contribution in [0, 0.1) is 11.8 Å². The quantitative estimate of drug-likeness (QED) is 0.315. The van der Waals surface area contributed by atoms with Crippen molar-refractivity contribution in [2.45, 2.75) is 50.4 Å². The number of thioether (sulfide) groups is 1. The number of aliphatic hydroxyl groups is 1. The number of benzene rings is 2. The lowest BCUT2D eigenvalue weighted by Gasteiger charge is -2.24. The fourth-order valence-electron chi connectivity index (χ4n) is 4.21. The van der Waals surface area contributed by atoms with E-state index in [1.807, 2.05) is 60.7 Å². The fraction of sp³-hybridized carbons (Fsp3) is 0.433. The molecule has 0 saturated carbocycles. The first-order valence-electron chi connectivity index (χ1n) is 13.1. The van der Waals surface area contributed by atoms with Gasteiger partial charge in [-0.05, 0) is 37.3 Å². The minimum Gasteiger partial charge on any atom is -0.463 e. The van der Waals surface area contributed by atoms with Crippen molar-refractivity contribution in [3.8, 4) is 0 Å². The molecule has 0 saturated heterocycles. The highest BCUT2D eigenvalue weighted by Gasteiger charge is 2.27. The van der Waals surface area contributed by atoms with E-state index in [-0.39, 0.29) is 55.4 Å². The number of hydrogen-bond donors (Lipinski definition) is 3. The Morgan fingerprint density at radius 2 is 1.66 bits per heavy atom. The lowest BCUT2D eigenvalue weighted by molar-refractivity contribution is -0.149. The van der Waals surface area contributed by atoms with E-state index in [0.717, 1.165) is 11.3 Å². The van der Waals surface area contributed by atoms with Crippen LogP contribution in [0.4, 0.5) is 0 Å². The van der Waals surface area contributed by atoms with Crippen molar-refractivity contribution < 1.29 is 24.2 Å². The van der Waals surface area contributed by atoms with Gasteiger partial charge in [0.2, 0.25) is 11.8 Å². The standard InChI is InChI=1S/C30H38N2O5S/c1-22(18-33)31-28(34)17-25-14-8-9-15-26(16-23-10-4-2-5-11-23)30(36)37-19-27(32-29(25)35)21-38-20-24-12-6-3-7-13-24/h2-13,22,25-27,33H,14-21H2,1H3,(H,31,34)(H,32,35)/t22-,25+,26+,27+/m0/s1. The Labute approximate surface area is 229 Å². The van der Waals surface area contributed by atoms with Crippen LogP contribution in [0.2, 0.25) is 0 Å². The summed E-state index contributed by atoms with van der Waals surface area (Å²) >= 11 is 1.66. The molecule has 2 aromatic carbocycles. The second kappa shape index (κ2) is 16.0. The zero-order valence-corrected chi connectivity index (χ0v) is 22.7. The molecule has 0 fully saturated rings. The molecular formula is C30H38N2O5S. The number of allylic oxidation sites excluding steroid dienone is 2. The first-order valence-corrected chi connectivity index (χ1v) is 14.3. The average molecular weight is 539 g/mol. The van der Waals surface area contributed by atoms with Crippen molar-refractivity contribution in [1.82, 2.24) is 10.6 Å². The highest BCUT2D eigenvalue weighted by atomic mass is 32.2. The molecule has 204 valence electrons. The van der Waals surface area contributed by atoms with Crippen molar-refractivity contribution >= 4 is 29.5 Å². The summed E-state index contributed by atoms with van der Waals surface area (Å²) in [7, 11) is 0. The van der Waals surface area contributed by atoms with Gasteiger partial charge in [-0.15, -0.1) is 0 Å². The summed E-state index contributed by atoms with van der Waals surface area (Å²) in [6, 6.07) is 19.1. The first-order chi connectivity index (χ1) is 18.4. The van der Waals surface area contributed by atoms with E-state index in [1.165, 1.54) is 5.56 Å². The predicted octanol–water partition coefficient (Wildman–Crippen LogP) is 3.66. The number of amides is 2. The van der Waals surface area contributed by atoms with Crippen LogP contribution in [0.5, 0.6) is 0 Å². The van der Waals surface area contributed by atoms with Crippen LogP contribution < -0.4 is 10.6 Å². The van der Waals surface area contributed by atoms with Crippen LogP contribution in [-0.2, 0) is 31.3 Å². The van der Waals surface area contributed by atoms with Crippen LogP contribution >= 0.6 is 11.8 Å². The largest absolute Gasteiger partial charge is 0.463 e. The van der Waals surface area contributed by atoms with Gasteiger partial charge in [0.1, 0.15) is 6.61 Å². The van der Waals surface area contributed by atoms with Crippen LogP contribution in [0.3, 0.4) is 0 Å². The van der Waals surface area contributed by atoms with Crippen LogP contribution in [0.25, 0.3) is 0 Å². The second-order valence-corrected chi connectivity index (χ2v) is 10.7. The van der Waals surface area contributed by atoms with Crippen LogP contribution in [-0.4, -0.2) is 53.9 Å². The molecule has 7 nitrogen and oxygen atoms in total. The van der Waals surface area contributed by atoms with Gasteiger partial charge in [-0.2, -0.15) is 11.8 Å². The molecule has 0 unspecified atom stereocenters. The topological polar surface area (TPSA) is 105 Å². The third-order valence-electron chi connectivity index (χ3n) is 6.35. The third kappa shape index (κ3) is 10.3. The maximum atomic E-state index is 13.2. The SMILES string of the molecule is C[C@@H](CO)NC(=O)C[C@H]1CC=CC[C@H](Cc2ccccc2)C(=O)OC[C@H](CSCc2ccccc2)NC1=O. The molecule has 38 heavy (non-hydrogen) atoms. The highest BCUT2D eigenvalue weighted by Crippen LogP contribution is 2.20. The molecule has 1 aliphatic heterocycles. The number of rotatable bonds is 10. The lowest BCUT2D eigenvalue weighted by atomic mass is 9.94. The normalized spacial score (nSPS) is 21.4. The summed E-state index contributed by atoms with van der Waals surface area (Å²) in [6.45, 7) is 1.61. The van der Waals surface area contributed by atoms with Gasteiger partial charge in [-0.1, -0.05) is 72.8 Å². The number of nitrogens with one attached hydrogen (secondary N) is 2.